The van der Waals surface area contributed by atoms with Crippen LogP contribution in [0, 0.1) is 20.2 Å². The molecule has 1 atom stereocenters. The van der Waals surface area contributed by atoms with Crippen LogP contribution in [0.5, 0.6) is 5.75 Å². The molecule has 0 heterocycles. The number of nitro benzene ring substituents is 2. The summed E-state index contributed by atoms with van der Waals surface area (Å²) in [5.41, 5.74) is 9.29. The zero-order valence-electron chi connectivity index (χ0n) is 11.6. The maximum absolute atomic E-state index is 11.8. The Morgan fingerprint density at radius 3 is 2.45 bits per heavy atom. The third-order valence-electron chi connectivity index (χ3n) is 2.84. The zero-order valence-corrected chi connectivity index (χ0v) is 11.6. The van der Waals surface area contributed by atoms with E-state index in [-0.39, 0.29) is 0 Å². The monoisotopic (exact) mass is 312 g/mol. The minimum atomic E-state index is -0.981. The molecule has 0 bridgehead atoms. The first-order chi connectivity index (χ1) is 10.4. The van der Waals surface area contributed by atoms with E-state index in [1.807, 2.05) is 0 Å². The number of rotatable bonds is 8. The Hall–Kier alpha value is -2.59. The second-order valence-electron chi connectivity index (χ2n) is 4.45. The summed E-state index contributed by atoms with van der Waals surface area (Å²) in [7, 11) is 0. The Morgan fingerprint density at radius 1 is 1.23 bits per heavy atom. The van der Waals surface area contributed by atoms with Crippen LogP contribution in [0.15, 0.2) is 18.2 Å². The van der Waals surface area contributed by atoms with Crippen LogP contribution in [0.2, 0.25) is 0 Å². The van der Waals surface area contributed by atoms with Crippen molar-refractivity contribution in [3.63, 3.8) is 0 Å². The quantitative estimate of drug-likeness (QED) is 0.234. The number of nitrogens with two attached hydrogens (primary N) is 2. The fourth-order valence-electron chi connectivity index (χ4n) is 1.73. The Bertz CT molecular complexity index is 577. The van der Waals surface area contributed by atoms with Crippen molar-refractivity contribution in [1.29, 1.82) is 0 Å². The first-order valence-corrected chi connectivity index (χ1v) is 6.47. The fourth-order valence-corrected chi connectivity index (χ4v) is 1.73. The molecule has 10 heteroatoms. The van der Waals surface area contributed by atoms with E-state index in [0.29, 0.717) is 25.8 Å². The predicted molar refractivity (Wildman–Crippen MR) is 76.3 cm³/mol. The van der Waals surface area contributed by atoms with Crippen molar-refractivity contribution in [2.45, 2.75) is 25.3 Å². The number of carbonyl (C=O) groups excluding carboxylic acids is 1. The molecule has 10 nitrogen and oxygen atoms in total. The van der Waals surface area contributed by atoms with Crippen molar-refractivity contribution in [2.24, 2.45) is 11.5 Å². The summed E-state index contributed by atoms with van der Waals surface area (Å²) < 4.78 is 4.85. The van der Waals surface area contributed by atoms with E-state index in [9.17, 15) is 25.0 Å². The van der Waals surface area contributed by atoms with Gasteiger partial charge >= 0.3 is 17.3 Å². The molecule has 0 aromatic heterocycles. The molecular weight excluding hydrogens is 296 g/mol. The minimum Gasteiger partial charge on any atom is -0.418 e. The van der Waals surface area contributed by atoms with Gasteiger partial charge in [0, 0.05) is 6.07 Å². The van der Waals surface area contributed by atoms with Crippen LogP contribution in [-0.4, -0.2) is 28.4 Å². The van der Waals surface area contributed by atoms with Crippen molar-refractivity contribution in [3.05, 3.63) is 38.4 Å². The maximum Gasteiger partial charge on any atom is 0.388 e. The SMILES string of the molecule is NCCCC[C@H](N)C(=O)Oc1cccc([N+](=O)[O-])c1[N+](=O)[O-]. The van der Waals surface area contributed by atoms with Gasteiger partial charge in [-0.25, -0.2) is 4.79 Å². The molecule has 0 aliphatic rings. The van der Waals surface area contributed by atoms with Crippen molar-refractivity contribution in [3.8, 4) is 5.75 Å². The van der Waals surface area contributed by atoms with Gasteiger partial charge in [0.05, 0.1) is 9.85 Å². The van der Waals surface area contributed by atoms with Gasteiger partial charge in [-0.15, -0.1) is 0 Å². The molecule has 0 aliphatic carbocycles. The van der Waals surface area contributed by atoms with E-state index < -0.39 is 39.0 Å². The van der Waals surface area contributed by atoms with Crippen LogP contribution < -0.4 is 16.2 Å². The second-order valence-corrected chi connectivity index (χ2v) is 4.45. The van der Waals surface area contributed by atoms with Crippen LogP contribution in [0.1, 0.15) is 19.3 Å². The van der Waals surface area contributed by atoms with E-state index in [1.54, 1.807) is 0 Å². The van der Waals surface area contributed by atoms with Crippen LogP contribution in [0.3, 0.4) is 0 Å². The molecule has 1 rings (SSSR count). The van der Waals surface area contributed by atoms with Crippen LogP contribution >= 0.6 is 0 Å². The molecule has 0 saturated heterocycles. The average Bonchev–Trinajstić information content (AvgIpc) is 2.46. The number of unbranched alkanes of at least 4 members (excludes halogenated alkanes) is 1. The number of benzene rings is 1. The minimum absolute atomic E-state index is 0.304. The number of esters is 1. The van der Waals surface area contributed by atoms with E-state index in [2.05, 4.69) is 0 Å². The highest BCUT2D eigenvalue weighted by molar-refractivity contribution is 5.80. The van der Waals surface area contributed by atoms with Crippen molar-refractivity contribution >= 4 is 17.3 Å². The summed E-state index contributed by atoms with van der Waals surface area (Å²) in [6.07, 6.45) is 1.58. The molecule has 0 spiro atoms. The van der Waals surface area contributed by atoms with Gasteiger partial charge in [-0.05, 0) is 25.5 Å². The number of hydrogen-bond donors (Lipinski definition) is 2. The Kier molecular flexibility index (Phi) is 6.35. The number of ether oxygens (including phenoxy) is 1. The summed E-state index contributed by atoms with van der Waals surface area (Å²) in [4.78, 5) is 31.7. The Morgan fingerprint density at radius 2 is 1.91 bits per heavy atom. The number of carbonyl (C=O) groups is 1. The van der Waals surface area contributed by atoms with Gasteiger partial charge < -0.3 is 16.2 Å². The standard InChI is InChI=1S/C12H16N4O6/c13-7-2-1-4-8(14)12(17)22-10-6-3-5-9(15(18)19)11(10)16(20)21/h3,5-6,8H,1-2,4,7,13-14H2/t8-/m0/s1. The molecule has 1 aromatic rings. The number of hydrogen-bond acceptors (Lipinski definition) is 8. The summed E-state index contributed by atoms with van der Waals surface area (Å²) >= 11 is 0. The summed E-state index contributed by atoms with van der Waals surface area (Å²) in [6.45, 7) is 0.456. The molecule has 0 radical (unpaired) electrons. The summed E-state index contributed by atoms with van der Waals surface area (Å²) in [5, 5.41) is 21.8. The lowest BCUT2D eigenvalue weighted by molar-refractivity contribution is -0.423. The van der Waals surface area contributed by atoms with Gasteiger partial charge in [0.2, 0.25) is 5.75 Å². The van der Waals surface area contributed by atoms with Gasteiger partial charge in [-0.1, -0.05) is 12.5 Å². The fraction of sp³-hybridized carbons (Fsp3) is 0.417. The average molecular weight is 312 g/mol. The number of para-hydroxylation sites is 1. The highest BCUT2D eigenvalue weighted by Crippen LogP contribution is 2.36. The first-order valence-electron chi connectivity index (χ1n) is 6.47. The van der Waals surface area contributed by atoms with E-state index in [1.165, 1.54) is 6.07 Å². The molecule has 120 valence electrons. The van der Waals surface area contributed by atoms with E-state index >= 15 is 0 Å². The van der Waals surface area contributed by atoms with E-state index in [0.717, 1.165) is 12.1 Å². The Balaban J connectivity index is 2.93. The molecule has 0 fully saturated rings. The molecule has 22 heavy (non-hydrogen) atoms. The van der Waals surface area contributed by atoms with Crippen LogP contribution in [-0.2, 0) is 4.79 Å². The molecule has 0 amide bonds. The highest BCUT2D eigenvalue weighted by Gasteiger charge is 2.31. The first kappa shape index (κ1) is 17.5. The van der Waals surface area contributed by atoms with Gasteiger partial charge in [0.25, 0.3) is 0 Å². The number of nitro groups is 2. The van der Waals surface area contributed by atoms with Crippen LogP contribution in [0.25, 0.3) is 0 Å². The third-order valence-corrected chi connectivity index (χ3v) is 2.84. The topological polar surface area (TPSA) is 165 Å². The number of nitrogens with zero attached hydrogens (tertiary/aromatic N) is 2. The normalized spacial score (nSPS) is 11.7. The smallest absolute Gasteiger partial charge is 0.388 e. The lowest BCUT2D eigenvalue weighted by Gasteiger charge is -2.11. The third kappa shape index (κ3) is 4.46. The zero-order chi connectivity index (χ0) is 16.7. The molecule has 0 saturated carbocycles. The maximum atomic E-state index is 11.8. The van der Waals surface area contributed by atoms with Gasteiger partial charge in [-0.3, -0.25) is 20.2 Å². The molecule has 1 aromatic carbocycles. The molecular formula is C12H16N4O6. The van der Waals surface area contributed by atoms with Crippen molar-refractivity contribution in [2.75, 3.05) is 6.54 Å². The predicted octanol–water partition coefficient (Wildman–Crippen LogP) is 0.865. The van der Waals surface area contributed by atoms with E-state index in [4.69, 9.17) is 16.2 Å². The van der Waals surface area contributed by atoms with Gasteiger partial charge in [0.1, 0.15) is 6.04 Å². The molecule has 0 unspecified atom stereocenters. The Labute approximate surface area is 125 Å². The van der Waals surface area contributed by atoms with Crippen molar-refractivity contribution in [1.82, 2.24) is 0 Å². The highest BCUT2D eigenvalue weighted by atomic mass is 16.6. The van der Waals surface area contributed by atoms with Gasteiger partial charge in [0.15, 0.2) is 0 Å². The molecule has 0 aliphatic heterocycles. The van der Waals surface area contributed by atoms with Crippen LogP contribution in [0.4, 0.5) is 11.4 Å². The van der Waals surface area contributed by atoms with Gasteiger partial charge in [-0.2, -0.15) is 0 Å². The summed E-state index contributed by atoms with van der Waals surface area (Å²) in [6, 6.07) is 2.27. The largest absolute Gasteiger partial charge is 0.418 e. The lowest BCUT2D eigenvalue weighted by atomic mass is 10.1. The summed E-state index contributed by atoms with van der Waals surface area (Å²) in [5.74, 6) is -1.39. The van der Waals surface area contributed by atoms with Crippen molar-refractivity contribution < 1.29 is 19.4 Å². The lowest BCUT2D eigenvalue weighted by Crippen LogP contribution is -2.34. The second kappa shape index (κ2) is 8.00. The molecule has 4 N–H and O–H groups in total.